The molecule has 0 aromatic carbocycles. The molecular formula is C8H13N. The fraction of sp³-hybridized carbons (Fsp3) is 0.375. The van der Waals surface area contributed by atoms with Crippen molar-refractivity contribution >= 4 is 6.21 Å². The molecule has 0 aliphatic heterocycles. The summed E-state index contributed by atoms with van der Waals surface area (Å²) in [6, 6.07) is 0. The fourth-order valence-corrected chi connectivity index (χ4v) is 0.543. The minimum absolute atomic E-state index is 0.431. The first kappa shape index (κ1) is 8.15. The van der Waals surface area contributed by atoms with Crippen molar-refractivity contribution in [2.75, 3.05) is 0 Å². The predicted octanol–water partition coefficient (Wildman–Crippen LogP) is 2.40. The molecule has 1 nitrogen and oxygen atoms in total. The molecule has 0 radical (unpaired) electrons. The van der Waals surface area contributed by atoms with E-state index in [0.717, 1.165) is 5.57 Å². The Hall–Kier alpha value is -0.850. The zero-order chi connectivity index (χ0) is 7.28. The highest BCUT2D eigenvalue weighted by molar-refractivity contribution is 5.76. The average molecular weight is 123 g/mol. The summed E-state index contributed by atoms with van der Waals surface area (Å²) in [6.45, 7) is 7.66. The van der Waals surface area contributed by atoms with Crippen molar-refractivity contribution in [1.29, 1.82) is 5.41 Å². The van der Waals surface area contributed by atoms with Crippen LogP contribution in [0.3, 0.4) is 0 Å². The van der Waals surface area contributed by atoms with E-state index in [1.165, 1.54) is 6.21 Å². The van der Waals surface area contributed by atoms with E-state index < -0.39 is 0 Å². The van der Waals surface area contributed by atoms with E-state index >= 15 is 0 Å². The molecule has 1 N–H and O–H groups in total. The summed E-state index contributed by atoms with van der Waals surface area (Å²) in [4.78, 5) is 0. The SMILES string of the molecule is C=C/C=C(/C=N)C(C)C. The van der Waals surface area contributed by atoms with Gasteiger partial charge in [-0.2, -0.15) is 0 Å². The Morgan fingerprint density at radius 3 is 2.22 bits per heavy atom. The second kappa shape index (κ2) is 4.07. The summed E-state index contributed by atoms with van der Waals surface area (Å²) in [6.07, 6.45) is 4.93. The van der Waals surface area contributed by atoms with Gasteiger partial charge in [-0.1, -0.05) is 32.6 Å². The van der Waals surface area contributed by atoms with E-state index in [2.05, 4.69) is 20.4 Å². The molecule has 1 heteroatoms. The Kier molecular flexibility index (Phi) is 3.69. The lowest BCUT2D eigenvalue weighted by atomic mass is 10.0. The molecular weight excluding hydrogens is 110 g/mol. The van der Waals surface area contributed by atoms with Crippen molar-refractivity contribution in [3.05, 3.63) is 24.3 Å². The van der Waals surface area contributed by atoms with Crippen LogP contribution in [0.1, 0.15) is 13.8 Å². The third-order valence-corrected chi connectivity index (χ3v) is 1.14. The number of nitrogens with one attached hydrogen (secondary N) is 1. The van der Waals surface area contributed by atoms with E-state index in [1.807, 2.05) is 6.08 Å². The number of allylic oxidation sites excluding steroid dienone is 3. The largest absolute Gasteiger partial charge is 0.308 e. The van der Waals surface area contributed by atoms with Gasteiger partial charge < -0.3 is 5.41 Å². The molecule has 0 saturated carbocycles. The van der Waals surface area contributed by atoms with Gasteiger partial charge in [0.25, 0.3) is 0 Å². The van der Waals surface area contributed by atoms with Gasteiger partial charge in [0.1, 0.15) is 0 Å². The van der Waals surface area contributed by atoms with Crippen molar-refractivity contribution in [1.82, 2.24) is 0 Å². The van der Waals surface area contributed by atoms with E-state index in [-0.39, 0.29) is 0 Å². The molecule has 0 aromatic heterocycles. The molecule has 0 aliphatic rings. The Bertz CT molecular complexity index is 132. The van der Waals surface area contributed by atoms with E-state index in [1.54, 1.807) is 6.08 Å². The van der Waals surface area contributed by atoms with Crippen LogP contribution in [0.5, 0.6) is 0 Å². The summed E-state index contributed by atoms with van der Waals surface area (Å²) in [5, 5.41) is 6.95. The molecule has 0 rings (SSSR count). The van der Waals surface area contributed by atoms with E-state index in [4.69, 9.17) is 5.41 Å². The third-order valence-electron chi connectivity index (χ3n) is 1.14. The van der Waals surface area contributed by atoms with Gasteiger partial charge in [0.15, 0.2) is 0 Å². The predicted molar refractivity (Wildman–Crippen MR) is 41.9 cm³/mol. The van der Waals surface area contributed by atoms with Crippen molar-refractivity contribution in [2.45, 2.75) is 13.8 Å². The molecule has 50 valence electrons. The van der Waals surface area contributed by atoms with Crippen molar-refractivity contribution < 1.29 is 0 Å². The standard InChI is InChI=1S/C8H13N/c1-4-5-8(6-9)7(2)3/h4-7,9H,1H2,2-3H3/b8-5-,9-6?. The highest BCUT2D eigenvalue weighted by Gasteiger charge is 1.95. The lowest BCUT2D eigenvalue weighted by Gasteiger charge is -2.01. The minimum atomic E-state index is 0.431. The van der Waals surface area contributed by atoms with Crippen molar-refractivity contribution in [3.63, 3.8) is 0 Å². The molecule has 0 bridgehead atoms. The van der Waals surface area contributed by atoms with Gasteiger partial charge in [-0.3, -0.25) is 0 Å². The number of hydrogen-bond acceptors (Lipinski definition) is 1. The van der Waals surface area contributed by atoms with Crippen LogP contribution in [0.15, 0.2) is 24.3 Å². The second-order valence-corrected chi connectivity index (χ2v) is 2.20. The Morgan fingerprint density at radius 2 is 2.11 bits per heavy atom. The lowest BCUT2D eigenvalue weighted by molar-refractivity contribution is 0.806. The highest BCUT2D eigenvalue weighted by atomic mass is 14.3. The van der Waals surface area contributed by atoms with Gasteiger partial charge in [-0.25, -0.2) is 0 Å². The minimum Gasteiger partial charge on any atom is -0.308 e. The van der Waals surface area contributed by atoms with Crippen molar-refractivity contribution in [3.8, 4) is 0 Å². The molecule has 0 saturated heterocycles. The van der Waals surface area contributed by atoms with Crippen LogP contribution < -0.4 is 0 Å². The van der Waals surface area contributed by atoms with Crippen LogP contribution in [0.25, 0.3) is 0 Å². The Balaban J connectivity index is 4.13. The topological polar surface area (TPSA) is 23.9 Å². The fourth-order valence-electron chi connectivity index (χ4n) is 0.543. The monoisotopic (exact) mass is 123 g/mol. The highest BCUT2D eigenvalue weighted by Crippen LogP contribution is 2.05. The molecule has 0 aliphatic carbocycles. The summed E-state index contributed by atoms with van der Waals surface area (Å²) >= 11 is 0. The lowest BCUT2D eigenvalue weighted by Crippen LogP contribution is -1.93. The van der Waals surface area contributed by atoms with Gasteiger partial charge in [0.2, 0.25) is 0 Å². The first-order chi connectivity index (χ1) is 4.22. The Labute approximate surface area is 56.6 Å². The molecule has 0 amide bonds. The maximum atomic E-state index is 6.95. The summed E-state index contributed by atoms with van der Waals surface area (Å²) in [5.41, 5.74) is 1.02. The molecule has 0 fully saturated rings. The first-order valence-electron chi connectivity index (χ1n) is 3.05. The van der Waals surface area contributed by atoms with Gasteiger partial charge in [0, 0.05) is 6.21 Å². The molecule has 0 aromatic rings. The molecule has 9 heavy (non-hydrogen) atoms. The van der Waals surface area contributed by atoms with Crippen LogP contribution in [-0.4, -0.2) is 6.21 Å². The maximum Gasteiger partial charge on any atom is 0.0212 e. The van der Waals surface area contributed by atoms with Gasteiger partial charge >= 0.3 is 0 Å². The molecule has 0 unspecified atom stereocenters. The zero-order valence-corrected chi connectivity index (χ0v) is 6.02. The van der Waals surface area contributed by atoms with Crippen LogP contribution in [-0.2, 0) is 0 Å². The smallest absolute Gasteiger partial charge is 0.0212 e. The summed E-state index contributed by atoms with van der Waals surface area (Å²) in [5.74, 6) is 0.431. The van der Waals surface area contributed by atoms with Crippen LogP contribution >= 0.6 is 0 Å². The number of hydrogen-bond donors (Lipinski definition) is 1. The molecule has 0 heterocycles. The normalized spacial score (nSPS) is 11.7. The van der Waals surface area contributed by atoms with E-state index in [9.17, 15) is 0 Å². The first-order valence-corrected chi connectivity index (χ1v) is 3.05. The van der Waals surface area contributed by atoms with Gasteiger partial charge in [0.05, 0.1) is 0 Å². The van der Waals surface area contributed by atoms with Crippen LogP contribution in [0.4, 0.5) is 0 Å². The molecule has 0 atom stereocenters. The van der Waals surface area contributed by atoms with Gasteiger partial charge in [-0.15, -0.1) is 0 Å². The van der Waals surface area contributed by atoms with Crippen LogP contribution in [0.2, 0.25) is 0 Å². The number of rotatable bonds is 3. The quantitative estimate of drug-likeness (QED) is 0.440. The maximum absolute atomic E-state index is 6.95. The summed E-state index contributed by atoms with van der Waals surface area (Å²) in [7, 11) is 0. The van der Waals surface area contributed by atoms with Crippen LogP contribution in [0, 0.1) is 11.3 Å². The zero-order valence-electron chi connectivity index (χ0n) is 6.02. The van der Waals surface area contributed by atoms with E-state index in [0.29, 0.717) is 5.92 Å². The summed E-state index contributed by atoms with van der Waals surface area (Å²) < 4.78 is 0. The second-order valence-electron chi connectivity index (χ2n) is 2.20. The Morgan fingerprint density at radius 1 is 1.56 bits per heavy atom. The average Bonchev–Trinajstić information content (AvgIpc) is 1.82. The van der Waals surface area contributed by atoms with Crippen molar-refractivity contribution in [2.24, 2.45) is 5.92 Å². The molecule has 0 spiro atoms. The van der Waals surface area contributed by atoms with Gasteiger partial charge in [-0.05, 0) is 11.5 Å². The third kappa shape index (κ3) is 2.85.